The number of amides is 1. The summed E-state index contributed by atoms with van der Waals surface area (Å²) in [5.41, 5.74) is 1.08. The molecule has 2 aromatic heterocycles. The number of nitrogens with zero attached hydrogens (tertiary/aromatic N) is 4. The maximum Gasteiger partial charge on any atom is 0.225 e. The summed E-state index contributed by atoms with van der Waals surface area (Å²) < 4.78 is 2.77. The summed E-state index contributed by atoms with van der Waals surface area (Å²) in [7, 11) is 1.94. The predicted molar refractivity (Wildman–Crippen MR) is 86.1 cm³/mol. The van der Waals surface area contributed by atoms with Crippen molar-refractivity contribution in [1.82, 2.24) is 14.8 Å². The second-order valence-corrected chi connectivity index (χ2v) is 7.00. The van der Waals surface area contributed by atoms with Gasteiger partial charge in [-0.15, -0.1) is 21.5 Å². The van der Waals surface area contributed by atoms with Crippen molar-refractivity contribution in [3.63, 3.8) is 0 Å². The molecule has 0 fully saturated rings. The Bertz CT molecular complexity index is 685. The molecule has 8 heteroatoms. The SMILES string of the molecule is CCCN(C(C)=O)c1nnc(-c2sc(=S)n(C)c2C)s1. The Morgan fingerprint density at radius 1 is 1.40 bits per heavy atom. The van der Waals surface area contributed by atoms with Gasteiger partial charge in [0.15, 0.2) is 8.96 Å². The summed E-state index contributed by atoms with van der Waals surface area (Å²) >= 11 is 8.23. The molecule has 0 spiro atoms. The second kappa shape index (κ2) is 6.11. The lowest BCUT2D eigenvalue weighted by Gasteiger charge is -2.15. The van der Waals surface area contributed by atoms with Crippen molar-refractivity contribution in [3.05, 3.63) is 9.65 Å². The van der Waals surface area contributed by atoms with E-state index in [2.05, 4.69) is 10.2 Å². The van der Waals surface area contributed by atoms with E-state index >= 15 is 0 Å². The smallest absolute Gasteiger partial charge is 0.225 e. The third-order valence-corrected chi connectivity index (χ3v) is 5.72. The third kappa shape index (κ3) is 2.82. The maximum absolute atomic E-state index is 11.7. The Labute approximate surface area is 130 Å². The average Bonchev–Trinajstić information content (AvgIpc) is 2.96. The summed E-state index contributed by atoms with van der Waals surface area (Å²) in [4.78, 5) is 14.3. The third-order valence-electron chi connectivity index (χ3n) is 2.96. The van der Waals surface area contributed by atoms with Crippen LogP contribution in [-0.4, -0.2) is 27.2 Å². The number of thiazole rings is 1. The predicted octanol–water partition coefficient (Wildman–Crippen LogP) is 3.41. The molecular formula is C12H16N4OS3. The molecule has 0 unspecified atom stereocenters. The van der Waals surface area contributed by atoms with Crippen molar-refractivity contribution in [2.75, 3.05) is 11.4 Å². The summed E-state index contributed by atoms with van der Waals surface area (Å²) in [5, 5.41) is 9.83. The molecule has 5 nitrogen and oxygen atoms in total. The number of carbonyl (C=O) groups is 1. The molecule has 0 aromatic carbocycles. The lowest BCUT2D eigenvalue weighted by molar-refractivity contribution is -0.116. The van der Waals surface area contributed by atoms with Gasteiger partial charge < -0.3 is 4.57 Å². The van der Waals surface area contributed by atoms with Gasteiger partial charge in [-0.1, -0.05) is 18.3 Å². The standard InChI is InChI=1S/C12H16N4OS3/c1-5-6-16(8(3)17)11-14-13-10(20-11)9-7(2)15(4)12(18)19-9/h5-6H2,1-4H3. The highest BCUT2D eigenvalue weighted by atomic mass is 32.1. The summed E-state index contributed by atoms with van der Waals surface area (Å²) in [6.45, 7) is 6.25. The fraction of sp³-hybridized carbons (Fsp3) is 0.500. The van der Waals surface area contributed by atoms with E-state index in [9.17, 15) is 4.79 Å². The Morgan fingerprint density at radius 3 is 2.60 bits per heavy atom. The lowest BCUT2D eigenvalue weighted by atomic mass is 10.4. The number of aromatic nitrogens is 3. The molecule has 2 heterocycles. The van der Waals surface area contributed by atoms with Crippen molar-refractivity contribution >= 4 is 45.9 Å². The first kappa shape index (κ1) is 15.3. The number of carbonyl (C=O) groups excluding carboxylic acids is 1. The first-order valence-corrected chi connectivity index (χ1v) is 8.28. The Kier molecular flexibility index (Phi) is 4.66. The van der Waals surface area contributed by atoms with Crippen molar-refractivity contribution in [2.24, 2.45) is 7.05 Å². The number of hydrogen-bond acceptors (Lipinski definition) is 6. The molecule has 108 valence electrons. The normalized spacial score (nSPS) is 10.8. The highest BCUT2D eigenvalue weighted by molar-refractivity contribution is 7.73. The Morgan fingerprint density at radius 2 is 2.10 bits per heavy atom. The van der Waals surface area contributed by atoms with Crippen LogP contribution in [0.1, 0.15) is 26.0 Å². The van der Waals surface area contributed by atoms with Crippen molar-refractivity contribution in [2.45, 2.75) is 27.2 Å². The van der Waals surface area contributed by atoms with Crippen LogP contribution in [0, 0.1) is 10.9 Å². The quantitative estimate of drug-likeness (QED) is 0.807. The van der Waals surface area contributed by atoms with Gasteiger partial charge in [0.1, 0.15) is 0 Å². The van der Waals surface area contributed by atoms with E-state index in [0.29, 0.717) is 11.7 Å². The first-order chi connectivity index (χ1) is 9.45. The lowest BCUT2D eigenvalue weighted by Crippen LogP contribution is -2.28. The Balaban J connectivity index is 2.39. The van der Waals surface area contributed by atoms with Gasteiger partial charge in [0, 0.05) is 26.2 Å². The highest BCUT2D eigenvalue weighted by Crippen LogP contribution is 2.34. The van der Waals surface area contributed by atoms with Gasteiger partial charge in [-0.3, -0.25) is 9.69 Å². The van der Waals surface area contributed by atoms with Crippen LogP contribution in [0.3, 0.4) is 0 Å². The van der Waals surface area contributed by atoms with Crippen LogP contribution in [-0.2, 0) is 11.8 Å². The molecule has 1 amide bonds. The van der Waals surface area contributed by atoms with Gasteiger partial charge >= 0.3 is 0 Å². The fourth-order valence-electron chi connectivity index (χ4n) is 1.74. The van der Waals surface area contributed by atoms with E-state index < -0.39 is 0 Å². The van der Waals surface area contributed by atoms with Crippen molar-refractivity contribution in [1.29, 1.82) is 0 Å². The second-order valence-electron chi connectivity index (χ2n) is 4.40. The van der Waals surface area contributed by atoms with E-state index in [0.717, 1.165) is 26.0 Å². The number of anilines is 1. The molecule has 0 radical (unpaired) electrons. The van der Waals surface area contributed by atoms with Gasteiger partial charge in [0.05, 0.1) is 4.88 Å². The van der Waals surface area contributed by atoms with Crippen LogP contribution in [0.2, 0.25) is 0 Å². The minimum atomic E-state index is -0.00744. The average molecular weight is 328 g/mol. The molecule has 0 saturated carbocycles. The van der Waals surface area contributed by atoms with Crippen molar-refractivity contribution in [3.8, 4) is 9.88 Å². The molecule has 0 aliphatic carbocycles. The molecule has 0 aliphatic heterocycles. The molecule has 0 bridgehead atoms. The van der Waals surface area contributed by atoms with Crippen molar-refractivity contribution < 1.29 is 4.79 Å². The Hall–Kier alpha value is -1.12. The van der Waals surface area contributed by atoms with E-state index in [1.165, 1.54) is 22.7 Å². The maximum atomic E-state index is 11.7. The van der Waals surface area contributed by atoms with Gasteiger partial charge in [-0.25, -0.2) is 0 Å². The van der Waals surface area contributed by atoms with Gasteiger partial charge in [0.2, 0.25) is 11.0 Å². The van der Waals surface area contributed by atoms with Gasteiger partial charge in [0.25, 0.3) is 0 Å². The summed E-state index contributed by atoms with van der Waals surface area (Å²) in [6.07, 6.45) is 0.887. The van der Waals surface area contributed by atoms with Gasteiger partial charge in [-0.05, 0) is 25.6 Å². The van der Waals surface area contributed by atoms with Crippen LogP contribution in [0.5, 0.6) is 0 Å². The van der Waals surface area contributed by atoms with Crippen LogP contribution in [0.25, 0.3) is 9.88 Å². The van der Waals surface area contributed by atoms with Crippen LogP contribution < -0.4 is 4.90 Å². The van der Waals surface area contributed by atoms with Crippen LogP contribution in [0.4, 0.5) is 5.13 Å². The van der Waals surface area contributed by atoms with E-state index in [1.807, 2.05) is 25.5 Å². The molecule has 0 atom stereocenters. The minimum Gasteiger partial charge on any atom is -0.330 e. The van der Waals surface area contributed by atoms with Gasteiger partial charge in [-0.2, -0.15) is 0 Å². The zero-order valence-electron chi connectivity index (χ0n) is 11.8. The molecule has 2 aromatic rings. The molecule has 0 aliphatic rings. The molecule has 20 heavy (non-hydrogen) atoms. The fourth-order valence-corrected chi connectivity index (χ4v) is 4.15. The largest absolute Gasteiger partial charge is 0.330 e. The minimum absolute atomic E-state index is 0.00744. The summed E-state index contributed by atoms with van der Waals surface area (Å²) in [6, 6.07) is 0. The summed E-state index contributed by atoms with van der Waals surface area (Å²) in [5.74, 6) is -0.00744. The number of hydrogen-bond donors (Lipinski definition) is 0. The van der Waals surface area contributed by atoms with E-state index in [-0.39, 0.29) is 5.91 Å². The molecule has 0 saturated heterocycles. The topological polar surface area (TPSA) is 51.0 Å². The molecule has 2 rings (SSSR count). The monoisotopic (exact) mass is 328 g/mol. The molecule has 0 N–H and O–H groups in total. The van der Waals surface area contributed by atoms with Crippen LogP contribution in [0.15, 0.2) is 0 Å². The molecular weight excluding hydrogens is 312 g/mol. The first-order valence-electron chi connectivity index (χ1n) is 6.24. The zero-order valence-corrected chi connectivity index (χ0v) is 14.3. The highest BCUT2D eigenvalue weighted by Gasteiger charge is 2.19. The van der Waals surface area contributed by atoms with Crippen LogP contribution >= 0.6 is 34.9 Å². The van der Waals surface area contributed by atoms with E-state index in [4.69, 9.17) is 12.2 Å². The number of rotatable bonds is 4. The van der Waals surface area contributed by atoms with E-state index in [1.54, 1.807) is 11.8 Å². The zero-order chi connectivity index (χ0) is 14.9.